The molecule has 6 heteroatoms. The van der Waals surface area contributed by atoms with Crippen molar-refractivity contribution in [2.45, 2.75) is 6.92 Å². The van der Waals surface area contributed by atoms with Gasteiger partial charge in [-0.15, -0.1) is 0 Å². The Balaban J connectivity index is 1.96. The number of aryl methyl sites for hydroxylation is 1. The number of nitrogens with one attached hydrogen (secondary N) is 1. The number of fused-ring (bicyclic) bond motifs is 1. The molecule has 2 aromatic heterocycles. The number of aromatic amines is 1. The van der Waals surface area contributed by atoms with Crippen LogP contribution in [0.2, 0.25) is 0 Å². The zero-order valence-corrected chi connectivity index (χ0v) is 15.4. The fourth-order valence-electron chi connectivity index (χ4n) is 2.97. The van der Waals surface area contributed by atoms with Crippen molar-refractivity contribution in [2.24, 2.45) is 0 Å². The third-order valence-electron chi connectivity index (χ3n) is 4.20. The molecule has 0 unspecified atom stereocenters. The van der Waals surface area contributed by atoms with Crippen LogP contribution in [0.15, 0.2) is 59.1 Å². The standard InChI is InChI=1S/C20H14BrN3O2/c1-11-3-2-4-13(9-11)16-10-15(20(25)26)17-18(23-24-19(17)22-16)12-5-7-14(21)8-6-12/h2-10H,1H3,(H,25,26)(H,22,23,24). The van der Waals surface area contributed by atoms with Crippen LogP contribution >= 0.6 is 15.9 Å². The molecule has 0 saturated carbocycles. The van der Waals surface area contributed by atoms with E-state index in [1.165, 1.54) is 0 Å². The minimum absolute atomic E-state index is 0.179. The molecule has 0 atom stereocenters. The first-order chi connectivity index (χ1) is 12.5. The first kappa shape index (κ1) is 16.5. The molecule has 5 nitrogen and oxygen atoms in total. The van der Waals surface area contributed by atoms with Crippen LogP contribution in [0, 0.1) is 6.92 Å². The van der Waals surface area contributed by atoms with Gasteiger partial charge in [0.25, 0.3) is 0 Å². The quantitative estimate of drug-likeness (QED) is 0.497. The first-order valence-electron chi connectivity index (χ1n) is 7.98. The summed E-state index contributed by atoms with van der Waals surface area (Å²) in [6.07, 6.45) is 0. The van der Waals surface area contributed by atoms with Gasteiger partial charge >= 0.3 is 5.97 Å². The van der Waals surface area contributed by atoms with Crippen LogP contribution in [0.25, 0.3) is 33.5 Å². The molecule has 0 aliphatic carbocycles. The fourth-order valence-corrected chi connectivity index (χ4v) is 3.23. The third-order valence-corrected chi connectivity index (χ3v) is 4.73. The number of H-pyrrole nitrogens is 1. The highest BCUT2D eigenvalue weighted by Crippen LogP contribution is 2.32. The lowest BCUT2D eigenvalue weighted by molar-refractivity contribution is 0.0699. The van der Waals surface area contributed by atoms with E-state index in [9.17, 15) is 9.90 Å². The van der Waals surface area contributed by atoms with Crippen LogP contribution in [0.5, 0.6) is 0 Å². The Bertz CT molecular complexity index is 1130. The normalized spacial score (nSPS) is 11.0. The average molecular weight is 408 g/mol. The van der Waals surface area contributed by atoms with E-state index in [0.717, 1.165) is 21.2 Å². The maximum Gasteiger partial charge on any atom is 0.336 e. The Morgan fingerprint density at radius 2 is 1.85 bits per heavy atom. The van der Waals surface area contributed by atoms with Crippen molar-refractivity contribution in [3.8, 4) is 22.5 Å². The van der Waals surface area contributed by atoms with E-state index >= 15 is 0 Å². The zero-order chi connectivity index (χ0) is 18.3. The van der Waals surface area contributed by atoms with Gasteiger partial charge < -0.3 is 5.11 Å². The maximum atomic E-state index is 11.9. The zero-order valence-electron chi connectivity index (χ0n) is 13.8. The van der Waals surface area contributed by atoms with Crippen LogP contribution < -0.4 is 0 Å². The second-order valence-corrected chi connectivity index (χ2v) is 6.95. The molecule has 0 amide bonds. The van der Waals surface area contributed by atoms with Gasteiger partial charge in [0.15, 0.2) is 5.65 Å². The molecule has 0 bridgehead atoms. The van der Waals surface area contributed by atoms with E-state index in [-0.39, 0.29) is 5.56 Å². The van der Waals surface area contributed by atoms with E-state index in [0.29, 0.717) is 22.4 Å². The van der Waals surface area contributed by atoms with E-state index in [2.05, 4.69) is 31.1 Å². The van der Waals surface area contributed by atoms with Crippen LogP contribution in [0.1, 0.15) is 15.9 Å². The predicted molar refractivity (Wildman–Crippen MR) is 104 cm³/mol. The molecule has 0 aliphatic rings. The smallest absolute Gasteiger partial charge is 0.336 e. The number of benzene rings is 2. The summed E-state index contributed by atoms with van der Waals surface area (Å²) in [4.78, 5) is 16.5. The lowest BCUT2D eigenvalue weighted by atomic mass is 10.0. The Morgan fingerprint density at radius 3 is 2.54 bits per heavy atom. The van der Waals surface area contributed by atoms with Gasteiger partial charge in [0, 0.05) is 15.6 Å². The highest BCUT2D eigenvalue weighted by Gasteiger charge is 2.19. The van der Waals surface area contributed by atoms with Crippen molar-refractivity contribution in [3.63, 3.8) is 0 Å². The van der Waals surface area contributed by atoms with Crippen molar-refractivity contribution < 1.29 is 9.90 Å². The molecule has 4 rings (SSSR count). The highest BCUT2D eigenvalue weighted by atomic mass is 79.9. The number of carboxylic acid groups (broad SMARTS) is 1. The summed E-state index contributed by atoms with van der Waals surface area (Å²) in [5.41, 5.74) is 4.60. The fraction of sp³-hybridized carbons (Fsp3) is 0.0500. The van der Waals surface area contributed by atoms with E-state index < -0.39 is 5.97 Å². The van der Waals surface area contributed by atoms with Crippen LogP contribution in [-0.4, -0.2) is 26.3 Å². The molecule has 2 N–H and O–H groups in total. The van der Waals surface area contributed by atoms with Crippen LogP contribution in [-0.2, 0) is 0 Å². The minimum atomic E-state index is -1.01. The van der Waals surface area contributed by atoms with Gasteiger partial charge in [0.05, 0.1) is 22.3 Å². The number of hydrogen-bond donors (Lipinski definition) is 2. The molecule has 0 aliphatic heterocycles. The number of carboxylic acids is 1. The van der Waals surface area contributed by atoms with Gasteiger partial charge in [-0.25, -0.2) is 9.78 Å². The van der Waals surface area contributed by atoms with Gasteiger partial charge in [0.2, 0.25) is 0 Å². The Labute approximate surface area is 157 Å². The van der Waals surface area contributed by atoms with Gasteiger partial charge in [-0.1, -0.05) is 51.8 Å². The van der Waals surface area contributed by atoms with Crippen molar-refractivity contribution in [3.05, 3.63) is 70.2 Å². The summed E-state index contributed by atoms with van der Waals surface area (Å²) >= 11 is 3.41. The van der Waals surface area contributed by atoms with Gasteiger partial charge in [-0.3, -0.25) is 5.10 Å². The molecule has 0 fully saturated rings. The third kappa shape index (κ3) is 2.88. The highest BCUT2D eigenvalue weighted by molar-refractivity contribution is 9.10. The molecule has 128 valence electrons. The van der Waals surface area contributed by atoms with Gasteiger partial charge in [0.1, 0.15) is 0 Å². The molecular formula is C20H14BrN3O2. The number of nitrogens with zero attached hydrogens (tertiary/aromatic N) is 2. The molecule has 2 aromatic carbocycles. The Kier molecular flexibility index (Phi) is 4.05. The van der Waals surface area contributed by atoms with Crippen molar-refractivity contribution >= 4 is 32.9 Å². The summed E-state index contributed by atoms with van der Waals surface area (Å²) in [7, 11) is 0. The summed E-state index contributed by atoms with van der Waals surface area (Å²) < 4.78 is 0.948. The van der Waals surface area contributed by atoms with Crippen molar-refractivity contribution in [2.75, 3.05) is 0 Å². The Morgan fingerprint density at radius 1 is 1.08 bits per heavy atom. The largest absolute Gasteiger partial charge is 0.478 e. The van der Waals surface area contributed by atoms with Gasteiger partial charge in [-0.05, 0) is 31.2 Å². The lowest BCUT2D eigenvalue weighted by Gasteiger charge is -2.06. The van der Waals surface area contributed by atoms with Crippen molar-refractivity contribution in [1.82, 2.24) is 15.2 Å². The van der Waals surface area contributed by atoms with Crippen LogP contribution in [0.3, 0.4) is 0 Å². The number of rotatable bonds is 3. The number of hydrogen-bond acceptors (Lipinski definition) is 3. The van der Waals surface area contributed by atoms with Crippen molar-refractivity contribution in [1.29, 1.82) is 0 Å². The van der Waals surface area contributed by atoms with Crippen LogP contribution in [0.4, 0.5) is 0 Å². The second kappa shape index (κ2) is 6.38. The summed E-state index contributed by atoms with van der Waals surface area (Å²) in [6, 6.07) is 17.0. The molecule has 26 heavy (non-hydrogen) atoms. The number of aromatic carboxylic acids is 1. The first-order valence-corrected chi connectivity index (χ1v) is 8.77. The Hall–Kier alpha value is -2.99. The molecule has 0 saturated heterocycles. The topological polar surface area (TPSA) is 78.9 Å². The predicted octanol–water partition coefficient (Wildman–Crippen LogP) is 5.06. The maximum absolute atomic E-state index is 11.9. The van der Waals surface area contributed by atoms with Gasteiger partial charge in [-0.2, -0.15) is 5.10 Å². The molecular weight excluding hydrogens is 394 g/mol. The SMILES string of the molecule is Cc1cccc(-c2cc(C(=O)O)c3c(-c4ccc(Br)cc4)[nH]nc3n2)c1. The lowest BCUT2D eigenvalue weighted by Crippen LogP contribution is -2.00. The number of aromatic nitrogens is 3. The van der Waals surface area contributed by atoms with E-state index in [1.54, 1.807) is 6.07 Å². The summed E-state index contributed by atoms with van der Waals surface area (Å²) in [5, 5.41) is 17.5. The minimum Gasteiger partial charge on any atom is -0.478 e. The molecule has 0 radical (unpaired) electrons. The number of halogens is 1. The van der Waals surface area contributed by atoms with E-state index in [1.807, 2.05) is 55.5 Å². The second-order valence-electron chi connectivity index (χ2n) is 6.03. The molecule has 2 heterocycles. The average Bonchev–Trinajstić information content (AvgIpc) is 3.05. The monoisotopic (exact) mass is 407 g/mol. The number of pyridine rings is 1. The summed E-state index contributed by atoms with van der Waals surface area (Å²) in [5.74, 6) is -1.01. The molecule has 4 aromatic rings. The summed E-state index contributed by atoms with van der Waals surface area (Å²) in [6.45, 7) is 1.99. The van der Waals surface area contributed by atoms with E-state index in [4.69, 9.17) is 0 Å². The number of carbonyl (C=O) groups is 1. The molecule has 0 spiro atoms.